The number of hydrogen-bond acceptors (Lipinski definition) is 3. The molecule has 3 aromatic heterocycles. The summed E-state index contributed by atoms with van der Waals surface area (Å²) in [6.45, 7) is 7.02. The molecule has 0 saturated carbocycles. The van der Waals surface area contributed by atoms with Gasteiger partial charge in [-0.15, -0.1) is 46.8 Å². The number of aromatic nitrogens is 3. The molecule has 0 spiro atoms. The summed E-state index contributed by atoms with van der Waals surface area (Å²) in [7, 11) is -1.28. The Labute approximate surface area is 300 Å². The van der Waals surface area contributed by atoms with Crippen LogP contribution < -0.4 is 5.19 Å². The molecule has 0 aliphatic carbocycles. The van der Waals surface area contributed by atoms with E-state index in [1.165, 1.54) is 16.0 Å². The summed E-state index contributed by atoms with van der Waals surface area (Å²) >= 11 is 0. The van der Waals surface area contributed by atoms with Gasteiger partial charge in [0.05, 0.1) is 30.5 Å². The van der Waals surface area contributed by atoms with E-state index in [1.54, 1.807) is 0 Å². The van der Waals surface area contributed by atoms with Gasteiger partial charge in [-0.2, -0.15) is 0 Å². The predicted octanol–water partition coefficient (Wildman–Crippen LogP) is 10.6. The molecule has 6 heteroatoms. The number of fused-ring (bicyclic) bond motifs is 5. The smallest absolute Gasteiger partial charge is 0.123 e. The van der Waals surface area contributed by atoms with E-state index in [0.29, 0.717) is 0 Å². The second kappa shape index (κ2) is 13.4. The summed E-state index contributed by atoms with van der Waals surface area (Å²) in [5.41, 5.74) is 7.84. The van der Waals surface area contributed by atoms with Crippen LogP contribution in [0.5, 0.6) is 0 Å². The van der Waals surface area contributed by atoms with Crippen molar-refractivity contribution >= 4 is 57.0 Å². The molecule has 9 rings (SSSR count). The third-order valence-corrected chi connectivity index (χ3v) is 10.8. The summed E-state index contributed by atoms with van der Waals surface area (Å²) in [4.78, 5) is 9.58. The van der Waals surface area contributed by atoms with Gasteiger partial charge in [-0.3, -0.25) is 4.98 Å². The minimum absolute atomic E-state index is 0. The maximum atomic E-state index is 6.08. The van der Waals surface area contributed by atoms with Crippen LogP contribution in [0.15, 0.2) is 150 Å². The third kappa shape index (κ3) is 6.27. The maximum absolute atomic E-state index is 6.08. The molecule has 0 fully saturated rings. The standard InChI is InChI=1S/C25H15N2O.C18H18NSi.Ir/c1-2-8-18(9-3-1)27-22-12-6-5-11-21(22)26-25(27)17-14-15-20-19-10-4-7-13-23(19)28-24(20)16-17;1-20(2,3)15-11-12-18(19-13-15)17-10-6-8-14-7-4-5-9-16(14)17;/h1-13,15-16H;4-9,11-13H,1-3H3;/q2*-1;. The van der Waals surface area contributed by atoms with E-state index in [2.05, 4.69) is 108 Å². The molecule has 0 amide bonds. The Balaban J connectivity index is 0.000000160. The van der Waals surface area contributed by atoms with Gasteiger partial charge in [0, 0.05) is 32.0 Å². The SMILES string of the molecule is C[Si](C)(C)c1ccc(-c2[c-]ccc3ccccc23)nc1.[Ir].[c-]1cc2c(cc1-c1nc3ccccc3n1-c1ccccc1)oc1ccccc12. The van der Waals surface area contributed by atoms with E-state index >= 15 is 0 Å². The number of furan rings is 1. The number of imidazole rings is 1. The van der Waals surface area contributed by atoms with E-state index in [1.807, 2.05) is 79.0 Å². The van der Waals surface area contributed by atoms with Crippen molar-refractivity contribution in [2.75, 3.05) is 0 Å². The van der Waals surface area contributed by atoms with Gasteiger partial charge < -0.3 is 14.0 Å². The predicted molar refractivity (Wildman–Crippen MR) is 202 cm³/mol. The molecule has 6 aromatic carbocycles. The Hall–Kier alpha value is -5.13. The van der Waals surface area contributed by atoms with Crippen molar-refractivity contribution in [3.8, 4) is 28.3 Å². The fourth-order valence-corrected chi connectivity index (χ4v) is 7.23. The monoisotopic (exact) mass is 828 g/mol. The summed E-state index contributed by atoms with van der Waals surface area (Å²) in [5, 5.41) is 6.01. The van der Waals surface area contributed by atoms with Gasteiger partial charge in [-0.1, -0.05) is 121 Å². The number of hydrogen-bond donors (Lipinski definition) is 0. The van der Waals surface area contributed by atoms with Crippen molar-refractivity contribution in [1.29, 1.82) is 0 Å². The zero-order valence-corrected chi connectivity index (χ0v) is 30.8. The number of nitrogens with zero attached hydrogens (tertiary/aromatic N) is 3. The second-order valence-corrected chi connectivity index (χ2v) is 18.0. The van der Waals surface area contributed by atoms with E-state index in [4.69, 9.17) is 9.40 Å². The molecule has 0 bridgehead atoms. The van der Waals surface area contributed by atoms with Gasteiger partial charge in [0.25, 0.3) is 0 Å². The van der Waals surface area contributed by atoms with E-state index < -0.39 is 8.07 Å². The van der Waals surface area contributed by atoms with Crippen LogP contribution in [0.3, 0.4) is 0 Å². The molecule has 4 nitrogen and oxygen atoms in total. The Kier molecular flexibility index (Phi) is 8.87. The molecule has 49 heavy (non-hydrogen) atoms. The van der Waals surface area contributed by atoms with Crippen LogP contribution in [-0.2, 0) is 20.1 Å². The fourth-order valence-electron chi connectivity index (χ4n) is 6.20. The molecular formula is C43H33IrN3OSi-2. The maximum Gasteiger partial charge on any atom is 0.123 e. The van der Waals surface area contributed by atoms with Crippen LogP contribution in [0.1, 0.15) is 0 Å². The summed E-state index contributed by atoms with van der Waals surface area (Å²) in [5.74, 6) is 0.856. The van der Waals surface area contributed by atoms with Gasteiger partial charge >= 0.3 is 0 Å². The summed E-state index contributed by atoms with van der Waals surface area (Å²) < 4.78 is 8.25. The van der Waals surface area contributed by atoms with Crippen molar-refractivity contribution in [3.63, 3.8) is 0 Å². The number of benzene rings is 6. The average molecular weight is 828 g/mol. The van der Waals surface area contributed by atoms with Crippen LogP contribution in [-0.4, -0.2) is 22.6 Å². The molecule has 0 saturated heterocycles. The van der Waals surface area contributed by atoms with Crippen LogP contribution in [0, 0.1) is 12.1 Å². The topological polar surface area (TPSA) is 43.9 Å². The Morgan fingerprint density at radius 3 is 2.20 bits per heavy atom. The molecule has 0 unspecified atom stereocenters. The summed E-state index contributed by atoms with van der Waals surface area (Å²) in [6, 6.07) is 54.2. The first kappa shape index (κ1) is 32.4. The Morgan fingerprint density at radius 1 is 0.673 bits per heavy atom. The molecular weight excluding hydrogens is 795 g/mol. The van der Waals surface area contributed by atoms with E-state index in [0.717, 1.165) is 61.3 Å². The third-order valence-electron chi connectivity index (χ3n) is 8.73. The van der Waals surface area contributed by atoms with Crippen molar-refractivity contribution in [3.05, 3.63) is 158 Å². The zero-order valence-electron chi connectivity index (χ0n) is 27.4. The van der Waals surface area contributed by atoms with Crippen molar-refractivity contribution in [2.45, 2.75) is 19.6 Å². The van der Waals surface area contributed by atoms with Gasteiger partial charge in [-0.05, 0) is 46.6 Å². The van der Waals surface area contributed by atoms with Crippen LogP contribution in [0.4, 0.5) is 0 Å². The fraction of sp³-hybridized carbons (Fsp3) is 0.0698. The Bertz CT molecular complexity index is 2540. The van der Waals surface area contributed by atoms with Crippen LogP contribution in [0.2, 0.25) is 19.6 Å². The minimum Gasteiger partial charge on any atom is -0.476 e. The van der Waals surface area contributed by atoms with E-state index in [-0.39, 0.29) is 20.1 Å². The molecule has 0 aliphatic rings. The second-order valence-electron chi connectivity index (χ2n) is 12.9. The van der Waals surface area contributed by atoms with Crippen LogP contribution in [0.25, 0.3) is 72.1 Å². The van der Waals surface area contributed by atoms with Crippen molar-refractivity contribution < 1.29 is 24.5 Å². The van der Waals surface area contributed by atoms with Crippen molar-refractivity contribution in [2.24, 2.45) is 0 Å². The number of rotatable bonds is 4. The van der Waals surface area contributed by atoms with Gasteiger partial charge in [0.15, 0.2) is 0 Å². The van der Waals surface area contributed by atoms with Gasteiger partial charge in [0.2, 0.25) is 0 Å². The molecule has 0 aliphatic heterocycles. The molecule has 241 valence electrons. The minimum atomic E-state index is -1.28. The first-order valence-corrected chi connectivity index (χ1v) is 19.7. The van der Waals surface area contributed by atoms with Gasteiger partial charge in [-0.25, -0.2) is 0 Å². The van der Waals surface area contributed by atoms with E-state index in [9.17, 15) is 0 Å². The van der Waals surface area contributed by atoms with Crippen molar-refractivity contribution in [1.82, 2.24) is 14.5 Å². The molecule has 1 radical (unpaired) electrons. The largest absolute Gasteiger partial charge is 0.476 e. The number of para-hydroxylation sites is 4. The number of pyridine rings is 1. The molecule has 0 atom stereocenters. The zero-order chi connectivity index (χ0) is 32.7. The quantitative estimate of drug-likeness (QED) is 0.131. The van der Waals surface area contributed by atoms with Crippen LogP contribution >= 0.6 is 0 Å². The Morgan fingerprint density at radius 2 is 1.41 bits per heavy atom. The first-order valence-electron chi connectivity index (χ1n) is 16.2. The average Bonchev–Trinajstić information content (AvgIpc) is 3.70. The normalized spacial score (nSPS) is 11.4. The molecule has 3 heterocycles. The summed E-state index contributed by atoms with van der Waals surface area (Å²) in [6.07, 6.45) is 2.04. The molecule has 9 aromatic rings. The van der Waals surface area contributed by atoms with Gasteiger partial charge in [0.1, 0.15) is 5.58 Å². The first-order chi connectivity index (χ1) is 23.4. The molecule has 0 N–H and O–H groups in total.